The summed E-state index contributed by atoms with van der Waals surface area (Å²) in [6.07, 6.45) is 1.09. The molecule has 1 unspecified atom stereocenters. The lowest BCUT2D eigenvalue weighted by Gasteiger charge is -2.32. The predicted molar refractivity (Wildman–Crippen MR) is 110 cm³/mol. The predicted octanol–water partition coefficient (Wildman–Crippen LogP) is 3.57. The highest BCUT2D eigenvalue weighted by molar-refractivity contribution is 8.03. The lowest BCUT2D eigenvalue weighted by Crippen LogP contribution is -2.46. The van der Waals surface area contributed by atoms with Crippen LogP contribution in [0.3, 0.4) is 0 Å². The molecule has 0 bridgehead atoms. The maximum atomic E-state index is 12.4. The molecule has 0 N–H and O–H groups in total. The van der Waals surface area contributed by atoms with Crippen molar-refractivity contribution in [1.29, 1.82) is 0 Å². The summed E-state index contributed by atoms with van der Waals surface area (Å²) in [4.78, 5) is 14.3. The van der Waals surface area contributed by atoms with E-state index in [1.54, 1.807) is 18.9 Å². The van der Waals surface area contributed by atoms with Gasteiger partial charge in [-0.2, -0.15) is 0 Å². The van der Waals surface area contributed by atoms with Gasteiger partial charge in [-0.1, -0.05) is 53.9 Å². The molecular weight excluding hydrogens is 402 g/mol. The summed E-state index contributed by atoms with van der Waals surface area (Å²) >= 11 is 4.65. The van der Waals surface area contributed by atoms with Crippen molar-refractivity contribution in [2.45, 2.75) is 33.9 Å². The summed E-state index contributed by atoms with van der Waals surface area (Å²) in [5.74, 6) is 2.22. The average Bonchev–Trinajstić information content (AvgIpc) is 3.18. The number of thioether (sulfide) groups is 2. The molecule has 1 atom stereocenters. The van der Waals surface area contributed by atoms with E-state index in [4.69, 9.17) is 9.47 Å². The van der Waals surface area contributed by atoms with Gasteiger partial charge in [-0.3, -0.25) is 4.79 Å². The number of carbonyl (C=O) groups excluding carboxylic acids is 1. The Kier molecular flexibility index (Phi) is 7.81. The van der Waals surface area contributed by atoms with Gasteiger partial charge in [0.2, 0.25) is 5.91 Å². The fourth-order valence-electron chi connectivity index (χ4n) is 2.59. The number of aromatic nitrogens is 2. The number of methoxy groups -OCH3 is 1. The van der Waals surface area contributed by atoms with Crippen LogP contribution >= 0.6 is 34.9 Å². The van der Waals surface area contributed by atoms with E-state index in [0.717, 1.165) is 26.6 Å². The van der Waals surface area contributed by atoms with E-state index in [0.29, 0.717) is 25.4 Å². The highest BCUT2D eigenvalue weighted by Gasteiger charge is 2.23. The molecule has 1 aliphatic heterocycles. The van der Waals surface area contributed by atoms with Crippen LogP contribution in [0.15, 0.2) is 32.9 Å². The van der Waals surface area contributed by atoms with E-state index in [2.05, 4.69) is 17.1 Å². The number of hydrogen-bond acceptors (Lipinski definition) is 8. The molecule has 9 heteroatoms. The van der Waals surface area contributed by atoms with Crippen LogP contribution in [0.1, 0.15) is 18.9 Å². The third kappa shape index (κ3) is 6.10. The van der Waals surface area contributed by atoms with Crippen LogP contribution in [0.4, 0.5) is 0 Å². The molecule has 1 amide bonds. The second-order valence-electron chi connectivity index (χ2n) is 6.00. The molecule has 2 aromatic rings. The SMILES string of the molecule is CCC1CN(C(=O)CSc2nnc(SCc3ccc(OC)cc3)s2)CCO1. The maximum Gasteiger partial charge on any atom is 0.233 e. The van der Waals surface area contributed by atoms with Crippen molar-refractivity contribution in [3.05, 3.63) is 29.8 Å². The Bertz CT molecular complexity index is 739. The first kappa shape index (κ1) is 20.4. The highest BCUT2D eigenvalue weighted by atomic mass is 32.2. The molecule has 1 aromatic heterocycles. The molecule has 3 rings (SSSR count). The molecule has 1 fully saturated rings. The molecule has 1 aromatic carbocycles. The molecule has 1 saturated heterocycles. The van der Waals surface area contributed by atoms with Crippen LogP contribution in [-0.2, 0) is 15.3 Å². The molecule has 2 heterocycles. The van der Waals surface area contributed by atoms with Crippen LogP contribution < -0.4 is 4.74 Å². The van der Waals surface area contributed by atoms with E-state index in [1.165, 1.54) is 28.7 Å². The number of ether oxygens (including phenoxy) is 2. The Morgan fingerprint density at radius 3 is 2.74 bits per heavy atom. The molecule has 0 aliphatic carbocycles. The van der Waals surface area contributed by atoms with Gasteiger partial charge in [0, 0.05) is 18.8 Å². The van der Waals surface area contributed by atoms with E-state index in [9.17, 15) is 4.79 Å². The van der Waals surface area contributed by atoms with Crippen molar-refractivity contribution in [2.24, 2.45) is 0 Å². The number of nitrogens with zero attached hydrogens (tertiary/aromatic N) is 3. The zero-order chi connectivity index (χ0) is 19.1. The summed E-state index contributed by atoms with van der Waals surface area (Å²) in [7, 11) is 1.66. The number of benzene rings is 1. The van der Waals surface area contributed by atoms with Gasteiger partial charge in [0.05, 0.1) is 25.6 Å². The van der Waals surface area contributed by atoms with Crippen molar-refractivity contribution in [3.8, 4) is 5.75 Å². The van der Waals surface area contributed by atoms with E-state index in [1.807, 2.05) is 29.2 Å². The lowest BCUT2D eigenvalue weighted by atomic mass is 10.2. The van der Waals surface area contributed by atoms with Crippen LogP contribution in [0.5, 0.6) is 5.75 Å². The van der Waals surface area contributed by atoms with E-state index < -0.39 is 0 Å². The van der Waals surface area contributed by atoms with Crippen LogP contribution in [-0.4, -0.2) is 59.7 Å². The van der Waals surface area contributed by atoms with Crippen LogP contribution in [0.2, 0.25) is 0 Å². The third-order valence-corrected chi connectivity index (χ3v) is 7.42. The van der Waals surface area contributed by atoms with E-state index >= 15 is 0 Å². The topological polar surface area (TPSA) is 64.6 Å². The monoisotopic (exact) mass is 425 g/mol. The first-order chi connectivity index (χ1) is 13.2. The molecule has 1 aliphatic rings. The maximum absolute atomic E-state index is 12.4. The number of morpholine rings is 1. The fraction of sp³-hybridized carbons (Fsp3) is 0.500. The molecular formula is C18H23N3O3S3. The molecule has 146 valence electrons. The zero-order valence-corrected chi connectivity index (χ0v) is 17.9. The second-order valence-corrected chi connectivity index (χ2v) is 9.42. The summed E-state index contributed by atoms with van der Waals surface area (Å²) in [5.41, 5.74) is 1.21. The first-order valence-electron chi connectivity index (χ1n) is 8.79. The third-order valence-electron chi connectivity index (χ3n) is 4.18. The smallest absolute Gasteiger partial charge is 0.233 e. The standard InChI is InChI=1S/C18H23N3O3S3/c1-3-14-10-21(8-9-24-14)16(22)12-26-18-20-19-17(27-18)25-11-13-4-6-15(23-2)7-5-13/h4-7,14H,3,8-12H2,1-2H3. The Morgan fingerprint density at radius 2 is 2.04 bits per heavy atom. The second kappa shape index (κ2) is 10.3. The Labute approximate surface area is 172 Å². The average molecular weight is 426 g/mol. The first-order valence-corrected chi connectivity index (χ1v) is 11.6. The minimum atomic E-state index is 0.143. The number of carbonyl (C=O) groups is 1. The van der Waals surface area contributed by atoms with Crippen molar-refractivity contribution in [2.75, 3.05) is 32.6 Å². The molecule has 0 radical (unpaired) electrons. The Balaban J connectivity index is 1.44. The van der Waals surface area contributed by atoms with Gasteiger partial charge < -0.3 is 14.4 Å². The number of hydrogen-bond donors (Lipinski definition) is 0. The van der Waals surface area contributed by atoms with Gasteiger partial charge in [0.1, 0.15) is 5.75 Å². The number of rotatable bonds is 8. The zero-order valence-electron chi connectivity index (χ0n) is 15.4. The van der Waals surface area contributed by atoms with Gasteiger partial charge in [-0.25, -0.2) is 0 Å². The minimum absolute atomic E-state index is 0.143. The molecule has 6 nitrogen and oxygen atoms in total. The Hall–Kier alpha value is -1.29. The highest BCUT2D eigenvalue weighted by Crippen LogP contribution is 2.31. The summed E-state index contributed by atoms with van der Waals surface area (Å²) in [5, 5.41) is 8.42. The summed E-state index contributed by atoms with van der Waals surface area (Å²) in [6.45, 7) is 4.07. The Morgan fingerprint density at radius 1 is 1.30 bits per heavy atom. The lowest BCUT2D eigenvalue weighted by molar-refractivity contribution is -0.135. The normalized spacial score (nSPS) is 17.1. The molecule has 0 spiro atoms. The van der Waals surface area contributed by atoms with Crippen molar-refractivity contribution >= 4 is 40.8 Å². The van der Waals surface area contributed by atoms with Gasteiger partial charge in [-0.15, -0.1) is 10.2 Å². The summed E-state index contributed by atoms with van der Waals surface area (Å²) < 4.78 is 12.5. The quantitative estimate of drug-likeness (QED) is 0.599. The molecule has 27 heavy (non-hydrogen) atoms. The van der Waals surface area contributed by atoms with E-state index in [-0.39, 0.29) is 12.0 Å². The van der Waals surface area contributed by atoms with Crippen LogP contribution in [0.25, 0.3) is 0 Å². The van der Waals surface area contributed by atoms with Gasteiger partial charge in [-0.05, 0) is 24.1 Å². The van der Waals surface area contributed by atoms with Crippen molar-refractivity contribution in [3.63, 3.8) is 0 Å². The molecule has 0 saturated carbocycles. The van der Waals surface area contributed by atoms with Gasteiger partial charge in [0.15, 0.2) is 8.68 Å². The van der Waals surface area contributed by atoms with Gasteiger partial charge >= 0.3 is 0 Å². The van der Waals surface area contributed by atoms with Crippen molar-refractivity contribution < 1.29 is 14.3 Å². The van der Waals surface area contributed by atoms with Gasteiger partial charge in [0.25, 0.3) is 0 Å². The number of amides is 1. The fourth-order valence-corrected chi connectivity index (χ4v) is 5.47. The summed E-state index contributed by atoms with van der Waals surface area (Å²) in [6, 6.07) is 8.01. The largest absolute Gasteiger partial charge is 0.497 e. The minimum Gasteiger partial charge on any atom is -0.497 e. The van der Waals surface area contributed by atoms with Crippen LogP contribution in [0, 0.1) is 0 Å². The van der Waals surface area contributed by atoms with Crippen molar-refractivity contribution in [1.82, 2.24) is 15.1 Å².